The lowest BCUT2D eigenvalue weighted by Gasteiger charge is -2.19. The van der Waals surface area contributed by atoms with Crippen LogP contribution in [0.15, 0.2) is 48.5 Å². The van der Waals surface area contributed by atoms with Crippen LogP contribution < -0.4 is 4.74 Å². The number of nitrogens with zero attached hydrogens (tertiary/aromatic N) is 2. The molecule has 0 aromatic heterocycles. The molecule has 2 aromatic carbocycles. The van der Waals surface area contributed by atoms with E-state index in [0.717, 1.165) is 5.56 Å². The summed E-state index contributed by atoms with van der Waals surface area (Å²) in [4.78, 5) is 13.9. The molecule has 5 nitrogen and oxygen atoms in total. The number of carbonyl (C=O) groups is 1. The smallest absolute Gasteiger partial charge is 0.255 e. The molecule has 0 bridgehead atoms. The van der Waals surface area contributed by atoms with E-state index >= 15 is 0 Å². The Bertz CT molecular complexity index is 768. The average Bonchev–Trinajstić information content (AvgIpc) is 2.90. The standard InChI is InChI=1S/C19H18N2O3/c20-12-18-17-11-15(24-13-14-5-2-1-3-6-14)7-8-16(17)19(23)21(18)9-4-10-22/h1-3,5-8,11,18,22H,4,9-10,13H2. The summed E-state index contributed by atoms with van der Waals surface area (Å²) in [7, 11) is 0. The van der Waals surface area contributed by atoms with Crippen molar-refractivity contribution in [1.29, 1.82) is 5.26 Å². The number of ether oxygens (including phenoxy) is 1. The lowest BCUT2D eigenvalue weighted by molar-refractivity contribution is 0.0746. The van der Waals surface area contributed by atoms with Gasteiger partial charge in [0.05, 0.1) is 6.07 Å². The normalized spacial score (nSPS) is 15.9. The highest BCUT2D eigenvalue weighted by Gasteiger charge is 2.36. The van der Waals surface area contributed by atoms with Crippen molar-refractivity contribution in [2.75, 3.05) is 13.2 Å². The highest BCUT2D eigenvalue weighted by molar-refractivity contribution is 5.99. The topological polar surface area (TPSA) is 73.6 Å². The lowest BCUT2D eigenvalue weighted by atomic mass is 10.1. The van der Waals surface area contributed by atoms with Gasteiger partial charge in [-0.25, -0.2) is 0 Å². The molecule has 0 spiro atoms. The van der Waals surface area contributed by atoms with Gasteiger partial charge in [0.25, 0.3) is 5.91 Å². The van der Waals surface area contributed by atoms with E-state index in [1.807, 2.05) is 30.3 Å². The van der Waals surface area contributed by atoms with Gasteiger partial charge in [0, 0.05) is 24.3 Å². The Morgan fingerprint density at radius 3 is 2.71 bits per heavy atom. The first-order valence-electron chi connectivity index (χ1n) is 7.86. The minimum atomic E-state index is -0.626. The molecule has 1 aliphatic rings. The van der Waals surface area contributed by atoms with E-state index in [2.05, 4.69) is 6.07 Å². The molecule has 0 saturated carbocycles. The third kappa shape index (κ3) is 3.10. The maximum Gasteiger partial charge on any atom is 0.255 e. The molecule has 2 aromatic rings. The van der Waals surface area contributed by atoms with E-state index < -0.39 is 6.04 Å². The third-order valence-corrected chi connectivity index (χ3v) is 4.05. The van der Waals surface area contributed by atoms with E-state index in [1.54, 1.807) is 18.2 Å². The van der Waals surface area contributed by atoms with Crippen LogP contribution in [0.25, 0.3) is 0 Å². The molecule has 1 heterocycles. The van der Waals surface area contributed by atoms with Crippen LogP contribution in [0.4, 0.5) is 0 Å². The second-order valence-electron chi connectivity index (χ2n) is 5.63. The van der Waals surface area contributed by atoms with Crippen molar-refractivity contribution in [2.24, 2.45) is 0 Å². The Kier molecular flexibility index (Phi) is 4.78. The monoisotopic (exact) mass is 322 g/mol. The van der Waals surface area contributed by atoms with E-state index in [-0.39, 0.29) is 12.5 Å². The number of rotatable bonds is 6. The molecule has 1 unspecified atom stereocenters. The molecule has 24 heavy (non-hydrogen) atoms. The third-order valence-electron chi connectivity index (χ3n) is 4.05. The van der Waals surface area contributed by atoms with Crippen LogP contribution in [0.5, 0.6) is 5.75 Å². The summed E-state index contributed by atoms with van der Waals surface area (Å²) < 4.78 is 5.78. The predicted octanol–water partition coefficient (Wildman–Crippen LogP) is 2.67. The van der Waals surface area contributed by atoms with Gasteiger partial charge in [0.2, 0.25) is 0 Å². The molecule has 1 N–H and O–H groups in total. The Hall–Kier alpha value is -2.84. The van der Waals surface area contributed by atoms with Crippen LogP contribution in [0.1, 0.15) is 33.9 Å². The number of amides is 1. The summed E-state index contributed by atoms with van der Waals surface area (Å²) in [6.07, 6.45) is 0.454. The van der Waals surface area contributed by atoms with E-state index in [0.29, 0.717) is 36.4 Å². The Balaban J connectivity index is 1.79. The van der Waals surface area contributed by atoms with Gasteiger partial charge in [-0.3, -0.25) is 4.79 Å². The first kappa shape index (κ1) is 16.0. The number of aliphatic hydroxyl groups is 1. The molecule has 0 radical (unpaired) electrons. The van der Waals surface area contributed by atoms with Crippen molar-refractivity contribution in [1.82, 2.24) is 4.90 Å². The van der Waals surface area contributed by atoms with Crippen molar-refractivity contribution >= 4 is 5.91 Å². The number of benzene rings is 2. The summed E-state index contributed by atoms with van der Waals surface area (Å²) in [5, 5.41) is 18.4. The summed E-state index contributed by atoms with van der Waals surface area (Å²) >= 11 is 0. The Labute approximate surface area is 140 Å². The number of hydrogen-bond acceptors (Lipinski definition) is 4. The summed E-state index contributed by atoms with van der Waals surface area (Å²) in [6, 6.07) is 16.6. The molecule has 1 atom stereocenters. The van der Waals surface area contributed by atoms with Gasteiger partial charge >= 0.3 is 0 Å². The molecule has 0 aliphatic carbocycles. The van der Waals surface area contributed by atoms with Crippen LogP contribution >= 0.6 is 0 Å². The molecule has 5 heteroatoms. The SMILES string of the molecule is N#CC1c2cc(OCc3ccccc3)ccc2C(=O)N1CCCO. The molecular weight excluding hydrogens is 304 g/mol. The summed E-state index contributed by atoms with van der Waals surface area (Å²) in [5.74, 6) is 0.467. The van der Waals surface area contributed by atoms with Gasteiger partial charge in [-0.15, -0.1) is 0 Å². The quantitative estimate of drug-likeness (QED) is 0.887. The minimum absolute atomic E-state index is 0.0102. The highest BCUT2D eigenvalue weighted by Crippen LogP contribution is 2.35. The minimum Gasteiger partial charge on any atom is -0.489 e. The molecule has 1 amide bonds. The highest BCUT2D eigenvalue weighted by atomic mass is 16.5. The van der Waals surface area contributed by atoms with E-state index in [9.17, 15) is 10.1 Å². The summed E-state index contributed by atoms with van der Waals surface area (Å²) in [6.45, 7) is 0.783. The molecular formula is C19H18N2O3. The van der Waals surface area contributed by atoms with Crippen LogP contribution in [0.2, 0.25) is 0 Å². The van der Waals surface area contributed by atoms with E-state index in [4.69, 9.17) is 9.84 Å². The Morgan fingerprint density at radius 2 is 2.00 bits per heavy atom. The van der Waals surface area contributed by atoms with Crippen molar-refractivity contribution in [3.63, 3.8) is 0 Å². The largest absolute Gasteiger partial charge is 0.489 e. The molecule has 3 rings (SSSR count). The second-order valence-corrected chi connectivity index (χ2v) is 5.63. The average molecular weight is 322 g/mol. The zero-order chi connectivity index (χ0) is 16.9. The van der Waals surface area contributed by atoms with E-state index in [1.165, 1.54) is 4.90 Å². The molecule has 1 aliphatic heterocycles. The summed E-state index contributed by atoms with van der Waals surface area (Å²) in [5.41, 5.74) is 2.26. The molecule has 122 valence electrons. The van der Waals surface area contributed by atoms with Crippen molar-refractivity contribution < 1.29 is 14.6 Å². The fourth-order valence-corrected chi connectivity index (χ4v) is 2.84. The maximum atomic E-state index is 12.4. The predicted molar refractivity (Wildman–Crippen MR) is 88.3 cm³/mol. The number of hydrogen-bond donors (Lipinski definition) is 1. The Morgan fingerprint density at radius 1 is 1.21 bits per heavy atom. The van der Waals surface area contributed by atoms with Crippen molar-refractivity contribution in [3.05, 3.63) is 65.2 Å². The number of aliphatic hydroxyl groups excluding tert-OH is 1. The van der Waals surface area contributed by atoms with Crippen LogP contribution in [0, 0.1) is 11.3 Å². The molecule has 0 saturated heterocycles. The number of nitriles is 1. The first-order chi connectivity index (χ1) is 11.7. The van der Waals surface area contributed by atoms with Crippen molar-refractivity contribution in [2.45, 2.75) is 19.1 Å². The number of carbonyl (C=O) groups excluding carboxylic acids is 1. The van der Waals surface area contributed by atoms with Gasteiger partial charge in [-0.2, -0.15) is 5.26 Å². The van der Waals surface area contributed by atoms with Gasteiger partial charge in [-0.05, 0) is 30.2 Å². The first-order valence-corrected chi connectivity index (χ1v) is 7.86. The van der Waals surface area contributed by atoms with Gasteiger partial charge in [-0.1, -0.05) is 30.3 Å². The van der Waals surface area contributed by atoms with Crippen LogP contribution in [-0.2, 0) is 6.61 Å². The van der Waals surface area contributed by atoms with Gasteiger partial charge < -0.3 is 14.7 Å². The fourth-order valence-electron chi connectivity index (χ4n) is 2.84. The second kappa shape index (κ2) is 7.16. The fraction of sp³-hybridized carbons (Fsp3) is 0.263. The zero-order valence-corrected chi connectivity index (χ0v) is 13.2. The van der Waals surface area contributed by atoms with Crippen LogP contribution in [-0.4, -0.2) is 29.1 Å². The van der Waals surface area contributed by atoms with Gasteiger partial charge in [0.15, 0.2) is 0 Å². The van der Waals surface area contributed by atoms with Crippen LogP contribution in [0.3, 0.4) is 0 Å². The van der Waals surface area contributed by atoms with Gasteiger partial charge in [0.1, 0.15) is 18.4 Å². The zero-order valence-electron chi connectivity index (χ0n) is 13.2. The molecule has 0 fully saturated rings. The lowest BCUT2D eigenvalue weighted by Crippen LogP contribution is -2.28. The maximum absolute atomic E-state index is 12.4. The van der Waals surface area contributed by atoms with Crippen molar-refractivity contribution in [3.8, 4) is 11.8 Å². The number of fused-ring (bicyclic) bond motifs is 1.